The summed E-state index contributed by atoms with van der Waals surface area (Å²) in [6, 6.07) is 9.78. The zero-order valence-electron chi connectivity index (χ0n) is 18.7. The molecule has 2 heterocycles. The van der Waals surface area contributed by atoms with Crippen molar-refractivity contribution in [2.45, 2.75) is 19.0 Å². The Balaban J connectivity index is 1.23. The number of rotatable bonds is 7. The highest BCUT2D eigenvalue weighted by Crippen LogP contribution is 2.30. The number of hydrogen-bond donors (Lipinski definition) is 1. The Morgan fingerprint density at radius 2 is 1.80 bits per heavy atom. The van der Waals surface area contributed by atoms with Gasteiger partial charge in [0.1, 0.15) is 6.54 Å². The molecule has 0 atom stereocenters. The van der Waals surface area contributed by atoms with Crippen LogP contribution in [0.2, 0.25) is 0 Å². The molecule has 0 saturated carbocycles. The maximum absolute atomic E-state index is 12.7. The number of halogens is 3. The smallest absolute Gasteiger partial charge is 0.381 e. The molecule has 3 aromatic rings. The molecule has 1 aliphatic heterocycles. The van der Waals surface area contributed by atoms with Crippen LogP contribution in [0.4, 0.5) is 18.9 Å². The van der Waals surface area contributed by atoms with Crippen molar-refractivity contribution in [3.05, 3.63) is 70.1 Å². The molecule has 8 nitrogen and oxygen atoms in total. The Kier molecular flexibility index (Phi) is 7.15. The van der Waals surface area contributed by atoms with Crippen molar-refractivity contribution in [3.8, 4) is 0 Å². The molecule has 1 aliphatic rings. The molecule has 1 fully saturated rings. The van der Waals surface area contributed by atoms with Crippen LogP contribution >= 0.6 is 0 Å². The summed E-state index contributed by atoms with van der Waals surface area (Å²) in [5, 5.41) is 7.53. The molecule has 184 valence electrons. The maximum Gasteiger partial charge on any atom is 0.416 e. The van der Waals surface area contributed by atoms with Gasteiger partial charge in [0.25, 0.3) is 5.56 Å². The Hall–Kier alpha value is -3.73. The summed E-state index contributed by atoms with van der Waals surface area (Å²) in [5.74, 6) is -0.587. The van der Waals surface area contributed by atoms with Crippen LogP contribution < -0.4 is 10.5 Å². The number of H-pyrrole nitrogens is 1. The van der Waals surface area contributed by atoms with Gasteiger partial charge in [-0.15, -0.1) is 0 Å². The molecule has 0 spiro atoms. The lowest BCUT2D eigenvalue weighted by atomic mass is 10.1. The molecule has 0 bridgehead atoms. The van der Waals surface area contributed by atoms with Crippen LogP contribution in [0.1, 0.15) is 17.5 Å². The molecular weight excluding hydrogens is 465 g/mol. The van der Waals surface area contributed by atoms with Gasteiger partial charge in [0.05, 0.1) is 36.8 Å². The zero-order valence-corrected chi connectivity index (χ0v) is 18.7. The van der Waals surface area contributed by atoms with Crippen LogP contribution in [-0.2, 0) is 26.9 Å². The fraction of sp³-hybridized carbons (Fsp3) is 0.333. The predicted octanol–water partition coefficient (Wildman–Crippen LogP) is 2.77. The number of nitrogens with zero attached hydrogens (tertiary/aromatic N) is 3. The van der Waals surface area contributed by atoms with Gasteiger partial charge < -0.3 is 14.5 Å². The number of carbonyl (C=O) groups is 2. The van der Waals surface area contributed by atoms with Gasteiger partial charge in [-0.1, -0.05) is 12.1 Å². The van der Waals surface area contributed by atoms with Crippen LogP contribution in [0.5, 0.6) is 0 Å². The minimum absolute atomic E-state index is 0.102. The van der Waals surface area contributed by atoms with E-state index in [2.05, 4.69) is 10.2 Å². The van der Waals surface area contributed by atoms with Crippen LogP contribution in [0.25, 0.3) is 10.8 Å². The second kappa shape index (κ2) is 10.3. The molecule has 1 saturated heterocycles. The van der Waals surface area contributed by atoms with E-state index in [4.69, 9.17) is 4.74 Å². The number of amides is 2. The van der Waals surface area contributed by atoms with Gasteiger partial charge in [-0.3, -0.25) is 14.4 Å². The first-order valence-electron chi connectivity index (χ1n) is 11.0. The van der Waals surface area contributed by atoms with Crippen molar-refractivity contribution in [2.75, 3.05) is 37.7 Å². The number of ether oxygens (including phenoxy) is 1. The van der Waals surface area contributed by atoms with Crippen LogP contribution in [0.3, 0.4) is 0 Å². The lowest BCUT2D eigenvalue weighted by Crippen LogP contribution is -2.52. The number of aromatic amines is 1. The van der Waals surface area contributed by atoms with E-state index in [0.717, 1.165) is 23.1 Å². The van der Waals surface area contributed by atoms with Crippen molar-refractivity contribution in [1.82, 2.24) is 15.1 Å². The quantitative estimate of drug-likeness (QED) is 0.516. The first kappa shape index (κ1) is 24.4. The van der Waals surface area contributed by atoms with Gasteiger partial charge in [0.2, 0.25) is 11.8 Å². The van der Waals surface area contributed by atoms with Crippen molar-refractivity contribution >= 4 is 28.3 Å². The highest BCUT2D eigenvalue weighted by Gasteiger charge is 2.31. The van der Waals surface area contributed by atoms with Crippen molar-refractivity contribution in [1.29, 1.82) is 0 Å². The number of aromatic nitrogens is 2. The third kappa shape index (κ3) is 5.68. The van der Waals surface area contributed by atoms with Crippen molar-refractivity contribution in [3.63, 3.8) is 0 Å². The number of fused-ring (bicyclic) bond motifs is 1. The van der Waals surface area contributed by atoms with Gasteiger partial charge in [0.15, 0.2) is 0 Å². The van der Waals surface area contributed by atoms with E-state index in [1.54, 1.807) is 18.3 Å². The van der Waals surface area contributed by atoms with Gasteiger partial charge in [-0.05, 0) is 42.3 Å². The van der Waals surface area contributed by atoms with E-state index in [9.17, 15) is 27.6 Å². The summed E-state index contributed by atoms with van der Waals surface area (Å²) in [7, 11) is 0. The topological polar surface area (TPSA) is 95.6 Å². The molecule has 1 N–H and O–H groups in total. The number of benzene rings is 2. The molecule has 11 heteroatoms. The standard InChI is InChI=1S/C24H23F3N4O4/c25-24(26,27)17-4-6-18(7-5-17)31-11-10-30(15-22(31)33)21(32)9-13-35-12-8-16-2-1-3-19-20(16)14-28-29-23(19)34/h1-7,14H,8-13,15H2,(H,29,34). The van der Waals surface area contributed by atoms with E-state index in [0.29, 0.717) is 24.1 Å². The average molecular weight is 488 g/mol. The van der Waals surface area contributed by atoms with Crippen molar-refractivity contribution < 1.29 is 27.5 Å². The number of carbonyl (C=O) groups excluding carboxylic acids is 2. The second-order valence-corrected chi connectivity index (χ2v) is 8.10. The third-order valence-corrected chi connectivity index (χ3v) is 5.86. The molecule has 0 radical (unpaired) electrons. The molecule has 1 aromatic heterocycles. The molecule has 2 aromatic carbocycles. The SMILES string of the molecule is O=C(CCOCCc1cccc2c(=O)[nH]ncc12)N1CCN(c2ccc(C(F)(F)F)cc2)C(=O)C1. The molecule has 2 amide bonds. The van der Waals surface area contributed by atoms with E-state index < -0.39 is 11.7 Å². The number of nitrogens with one attached hydrogen (secondary N) is 1. The van der Waals surface area contributed by atoms with Gasteiger partial charge in [0, 0.05) is 24.2 Å². The van der Waals surface area contributed by atoms with Gasteiger partial charge in [-0.2, -0.15) is 18.3 Å². The van der Waals surface area contributed by atoms with Gasteiger partial charge in [-0.25, -0.2) is 5.10 Å². The van der Waals surface area contributed by atoms with Crippen molar-refractivity contribution in [2.24, 2.45) is 0 Å². The molecule has 35 heavy (non-hydrogen) atoms. The predicted molar refractivity (Wildman–Crippen MR) is 122 cm³/mol. The summed E-state index contributed by atoms with van der Waals surface area (Å²) >= 11 is 0. The largest absolute Gasteiger partial charge is 0.416 e. The molecular formula is C24H23F3N4O4. The van der Waals surface area contributed by atoms with E-state index >= 15 is 0 Å². The molecule has 0 aliphatic carbocycles. The maximum atomic E-state index is 12.7. The number of anilines is 1. The Labute approximate surface area is 198 Å². The third-order valence-electron chi connectivity index (χ3n) is 5.86. The summed E-state index contributed by atoms with van der Waals surface area (Å²) in [5.41, 5.74) is 0.235. The minimum atomic E-state index is -4.44. The Morgan fingerprint density at radius 1 is 1.03 bits per heavy atom. The lowest BCUT2D eigenvalue weighted by molar-refractivity contribution is -0.138. The zero-order chi connectivity index (χ0) is 25.0. The summed E-state index contributed by atoms with van der Waals surface area (Å²) in [6.07, 6.45) is -2.21. The first-order valence-corrected chi connectivity index (χ1v) is 11.0. The fourth-order valence-electron chi connectivity index (χ4n) is 3.99. The van der Waals surface area contributed by atoms with E-state index in [1.807, 2.05) is 6.07 Å². The molecule has 4 rings (SSSR count). The summed E-state index contributed by atoms with van der Waals surface area (Å²) < 4.78 is 43.8. The van der Waals surface area contributed by atoms with Crippen LogP contribution in [0, 0.1) is 0 Å². The fourth-order valence-corrected chi connectivity index (χ4v) is 3.99. The van der Waals surface area contributed by atoms with E-state index in [-0.39, 0.29) is 50.0 Å². The highest BCUT2D eigenvalue weighted by atomic mass is 19.4. The highest BCUT2D eigenvalue weighted by molar-refractivity contribution is 5.98. The number of piperazine rings is 1. The second-order valence-electron chi connectivity index (χ2n) is 8.10. The van der Waals surface area contributed by atoms with E-state index in [1.165, 1.54) is 21.9 Å². The monoisotopic (exact) mass is 488 g/mol. The number of alkyl halides is 3. The number of hydrogen-bond acceptors (Lipinski definition) is 5. The average Bonchev–Trinajstić information content (AvgIpc) is 2.83. The lowest BCUT2D eigenvalue weighted by Gasteiger charge is -2.34. The van der Waals surface area contributed by atoms with Gasteiger partial charge >= 0.3 is 6.18 Å². The summed E-state index contributed by atoms with van der Waals surface area (Å²) in [4.78, 5) is 39.6. The minimum Gasteiger partial charge on any atom is -0.381 e. The van der Waals surface area contributed by atoms with Crippen LogP contribution in [-0.4, -0.2) is 59.8 Å². The Bertz CT molecular complexity index is 1270. The summed E-state index contributed by atoms with van der Waals surface area (Å²) in [6.45, 7) is 0.862. The first-order chi connectivity index (χ1) is 16.7. The molecule has 0 unspecified atom stereocenters. The normalized spacial score (nSPS) is 14.5. The van der Waals surface area contributed by atoms with Crippen LogP contribution in [0.15, 0.2) is 53.5 Å². The Morgan fingerprint density at radius 3 is 2.51 bits per heavy atom.